The Morgan fingerprint density at radius 3 is 2.72 bits per heavy atom. The Morgan fingerprint density at radius 2 is 2.08 bits per heavy atom. The zero-order valence-electron chi connectivity index (χ0n) is 15.5. The summed E-state index contributed by atoms with van der Waals surface area (Å²) in [5.74, 6) is 0.668. The lowest BCUT2D eigenvalue weighted by atomic mass is 9.80. The number of rotatable bonds is 7. The number of carbonyl (C=O) groups is 1. The van der Waals surface area contributed by atoms with Gasteiger partial charge in [-0.05, 0) is 38.3 Å². The molecule has 1 aromatic carbocycles. The SMILES string of the molecule is CC[C@@H](C)Oc1ccccc1NC(=O)N(C)CC1(CO)CCOCC1. The van der Waals surface area contributed by atoms with Crippen molar-refractivity contribution in [3.8, 4) is 5.75 Å². The van der Waals surface area contributed by atoms with Crippen LogP contribution in [-0.2, 0) is 4.74 Å². The molecule has 0 radical (unpaired) electrons. The van der Waals surface area contributed by atoms with Gasteiger partial charge in [0.15, 0.2) is 0 Å². The van der Waals surface area contributed by atoms with Crippen LogP contribution in [0.3, 0.4) is 0 Å². The van der Waals surface area contributed by atoms with Crippen LogP contribution in [0.15, 0.2) is 24.3 Å². The monoisotopic (exact) mass is 350 g/mol. The molecule has 0 spiro atoms. The molecular formula is C19H30N2O4. The van der Waals surface area contributed by atoms with E-state index in [1.807, 2.05) is 31.2 Å². The lowest BCUT2D eigenvalue weighted by molar-refractivity contribution is -0.0255. The number of hydrogen-bond donors (Lipinski definition) is 2. The maximum Gasteiger partial charge on any atom is 0.321 e. The topological polar surface area (TPSA) is 71.0 Å². The van der Waals surface area contributed by atoms with Crippen molar-refractivity contribution in [3.05, 3.63) is 24.3 Å². The first-order valence-electron chi connectivity index (χ1n) is 8.96. The summed E-state index contributed by atoms with van der Waals surface area (Å²) in [6.45, 7) is 5.86. The molecule has 0 aromatic heterocycles. The van der Waals surface area contributed by atoms with Gasteiger partial charge in [-0.2, -0.15) is 0 Å². The third-order valence-corrected chi connectivity index (χ3v) is 4.84. The van der Waals surface area contributed by atoms with E-state index in [4.69, 9.17) is 9.47 Å². The Balaban J connectivity index is 2.01. The number of aliphatic hydroxyl groups excluding tert-OH is 1. The second-order valence-electron chi connectivity index (χ2n) is 6.89. The van der Waals surface area contributed by atoms with E-state index in [-0.39, 0.29) is 24.2 Å². The fraction of sp³-hybridized carbons (Fsp3) is 0.632. The van der Waals surface area contributed by atoms with E-state index >= 15 is 0 Å². The standard InChI is InChI=1S/C19H30N2O4/c1-4-15(2)25-17-8-6-5-7-16(17)20-18(23)21(3)13-19(14-22)9-11-24-12-10-19/h5-8,15,22H,4,9-14H2,1-3H3,(H,20,23)/t15-/m1/s1. The number of nitrogens with one attached hydrogen (secondary N) is 1. The van der Waals surface area contributed by atoms with Crippen molar-refractivity contribution in [2.75, 3.05) is 38.7 Å². The minimum absolute atomic E-state index is 0.0572. The van der Waals surface area contributed by atoms with E-state index < -0.39 is 0 Å². The molecule has 6 heteroatoms. The summed E-state index contributed by atoms with van der Waals surface area (Å²) in [6.07, 6.45) is 2.49. The first-order valence-corrected chi connectivity index (χ1v) is 8.96. The van der Waals surface area contributed by atoms with Crippen molar-refractivity contribution >= 4 is 11.7 Å². The maximum absolute atomic E-state index is 12.6. The van der Waals surface area contributed by atoms with E-state index in [0.717, 1.165) is 19.3 Å². The Morgan fingerprint density at radius 1 is 1.40 bits per heavy atom. The number of carbonyl (C=O) groups excluding carboxylic acids is 1. The van der Waals surface area contributed by atoms with Gasteiger partial charge in [0.05, 0.1) is 18.4 Å². The lowest BCUT2D eigenvalue weighted by Gasteiger charge is -2.38. The molecule has 2 rings (SSSR count). The van der Waals surface area contributed by atoms with Crippen molar-refractivity contribution in [3.63, 3.8) is 0 Å². The number of amides is 2. The van der Waals surface area contributed by atoms with Gasteiger partial charge < -0.3 is 24.8 Å². The second kappa shape index (κ2) is 9.06. The number of hydrogen-bond acceptors (Lipinski definition) is 4. The zero-order valence-corrected chi connectivity index (χ0v) is 15.5. The number of benzene rings is 1. The molecule has 25 heavy (non-hydrogen) atoms. The summed E-state index contributed by atoms with van der Waals surface area (Å²) in [6, 6.07) is 7.24. The normalized spacial score (nSPS) is 17.6. The average Bonchev–Trinajstić information content (AvgIpc) is 2.63. The second-order valence-corrected chi connectivity index (χ2v) is 6.89. The average molecular weight is 350 g/mol. The molecule has 1 atom stereocenters. The molecular weight excluding hydrogens is 320 g/mol. The van der Waals surface area contributed by atoms with E-state index in [0.29, 0.717) is 31.2 Å². The van der Waals surface area contributed by atoms with Gasteiger partial charge in [-0.15, -0.1) is 0 Å². The predicted molar refractivity (Wildman–Crippen MR) is 98.0 cm³/mol. The van der Waals surface area contributed by atoms with Crippen LogP contribution in [0, 0.1) is 5.41 Å². The molecule has 0 bridgehead atoms. The largest absolute Gasteiger partial charge is 0.489 e. The molecule has 1 fully saturated rings. The number of urea groups is 1. The summed E-state index contributed by atoms with van der Waals surface area (Å²) < 4.78 is 11.3. The Bertz CT molecular complexity index is 558. The van der Waals surface area contributed by atoms with Crippen molar-refractivity contribution < 1.29 is 19.4 Å². The van der Waals surface area contributed by atoms with Crippen molar-refractivity contribution in [2.45, 2.75) is 39.2 Å². The van der Waals surface area contributed by atoms with Gasteiger partial charge in [0.25, 0.3) is 0 Å². The number of anilines is 1. The van der Waals surface area contributed by atoms with Crippen LogP contribution in [0.25, 0.3) is 0 Å². The van der Waals surface area contributed by atoms with Crippen LogP contribution in [0.1, 0.15) is 33.1 Å². The number of aliphatic hydroxyl groups is 1. The van der Waals surface area contributed by atoms with Gasteiger partial charge >= 0.3 is 6.03 Å². The fourth-order valence-corrected chi connectivity index (χ4v) is 2.93. The number of para-hydroxylation sites is 2. The van der Waals surface area contributed by atoms with Crippen molar-refractivity contribution in [1.29, 1.82) is 0 Å². The third kappa shape index (κ3) is 5.34. The van der Waals surface area contributed by atoms with E-state index in [1.54, 1.807) is 11.9 Å². The van der Waals surface area contributed by atoms with Crippen LogP contribution in [0.4, 0.5) is 10.5 Å². The number of nitrogens with zero attached hydrogens (tertiary/aromatic N) is 1. The molecule has 1 heterocycles. The van der Waals surface area contributed by atoms with Gasteiger partial charge in [-0.25, -0.2) is 4.79 Å². The molecule has 1 aromatic rings. The zero-order chi connectivity index (χ0) is 18.3. The Hall–Kier alpha value is -1.79. The highest BCUT2D eigenvalue weighted by Gasteiger charge is 2.34. The summed E-state index contributed by atoms with van der Waals surface area (Å²) in [7, 11) is 1.75. The van der Waals surface area contributed by atoms with Crippen LogP contribution in [0.2, 0.25) is 0 Å². The van der Waals surface area contributed by atoms with Crippen molar-refractivity contribution in [2.24, 2.45) is 5.41 Å². The van der Waals surface area contributed by atoms with E-state index in [2.05, 4.69) is 12.2 Å². The quantitative estimate of drug-likeness (QED) is 0.793. The Kier molecular flexibility index (Phi) is 7.08. The van der Waals surface area contributed by atoms with E-state index in [1.165, 1.54) is 0 Å². The molecule has 140 valence electrons. The van der Waals surface area contributed by atoms with Crippen LogP contribution >= 0.6 is 0 Å². The summed E-state index contributed by atoms with van der Waals surface area (Å²) >= 11 is 0. The molecule has 0 unspecified atom stereocenters. The first kappa shape index (κ1) is 19.5. The molecule has 6 nitrogen and oxygen atoms in total. The molecule has 1 saturated heterocycles. The molecule has 1 aliphatic heterocycles. The lowest BCUT2D eigenvalue weighted by Crippen LogP contribution is -2.45. The van der Waals surface area contributed by atoms with E-state index in [9.17, 15) is 9.90 Å². The summed E-state index contributed by atoms with van der Waals surface area (Å²) in [4.78, 5) is 14.2. The highest BCUT2D eigenvalue weighted by atomic mass is 16.5. The molecule has 2 amide bonds. The number of ether oxygens (including phenoxy) is 2. The predicted octanol–water partition coefficient (Wildman–Crippen LogP) is 3.12. The smallest absolute Gasteiger partial charge is 0.321 e. The van der Waals surface area contributed by atoms with Crippen molar-refractivity contribution in [1.82, 2.24) is 4.90 Å². The summed E-state index contributed by atoms with van der Waals surface area (Å²) in [5.41, 5.74) is 0.376. The van der Waals surface area contributed by atoms with Gasteiger partial charge in [-0.3, -0.25) is 0 Å². The third-order valence-electron chi connectivity index (χ3n) is 4.84. The van der Waals surface area contributed by atoms with Crippen LogP contribution < -0.4 is 10.1 Å². The van der Waals surface area contributed by atoms with Gasteiger partial charge in [0.2, 0.25) is 0 Å². The highest BCUT2D eigenvalue weighted by Crippen LogP contribution is 2.31. The molecule has 1 aliphatic rings. The maximum atomic E-state index is 12.6. The first-order chi connectivity index (χ1) is 12.0. The van der Waals surface area contributed by atoms with Crippen LogP contribution in [0.5, 0.6) is 5.75 Å². The van der Waals surface area contributed by atoms with Gasteiger partial charge in [-0.1, -0.05) is 19.1 Å². The molecule has 0 aliphatic carbocycles. The fourth-order valence-electron chi connectivity index (χ4n) is 2.93. The minimum atomic E-state index is -0.281. The van der Waals surface area contributed by atoms with Crippen LogP contribution in [-0.4, -0.2) is 55.6 Å². The minimum Gasteiger partial charge on any atom is -0.489 e. The molecule has 0 saturated carbocycles. The highest BCUT2D eigenvalue weighted by molar-refractivity contribution is 5.90. The van der Waals surface area contributed by atoms with Gasteiger partial charge in [0, 0.05) is 32.2 Å². The Labute approximate surface area is 150 Å². The molecule has 2 N–H and O–H groups in total. The summed E-state index contributed by atoms with van der Waals surface area (Å²) in [5, 5.41) is 12.7. The van der Waals surface area contributed by atoms with Gasteiger partial charge in [0.1, 0.15) is 5.75 Å².